The molecule has 0 unspecified atom stereocenters. The molecule has 0 amide bonds. The van der Waals surface area contributed by atoms with Gasteiger partial charge < -0.3 is 14.2 Å². The fourth-order valence-corrected chi connectivity index (χ4v) is 5.03. The van der Waals surface area contributed by atoms with Gasteiger partial charge in [0.15, 0.2) is 6.29 Å². The van der Waals surface area contributed by atoms with Crippen LogP contribution in [0, 0.1) is 5.92 Å². The van der Waals surface area contributed by atoms with E-state index in [9.17, 15) is 8.42 Å². The van der Waals surface area contributed by atoms with Crippen molar-refractivity contribution < 1.29 is 22.6 Å². The lowest BCUT2D eigenvalue weighted by molar-refractivity contribution is -0.0938. The first-order valence-electron chi connectivity index (χ1n) is 8.14. The number of benzene rings is 1. The first-order chi connectivity index (χ1) is 11.1. The summed E-state index contributed by atoms with van der Waals surface area (Å²) in [4.78, 5) is 0.369. The van der Waals surface area contributed by atoms with Gasteiger partial charge in [0.2, 0.25) is 10.0 Å². The highest BCUT2D eigenvalue weighted by Gasteiger charge is 2.35. The van der Waals surface area contributed by atoms with Gasteiger partial charge in [-0.1, -0.05) is 0 Å². The van der Waals surface area contributed by atoms with Gasteiger partial charge in [-0.2, -0.15) is 4.31 Å². The molecule has 3 heterocycles. The molecule has 7 heteroatoms. The molecule has 2 fully saturated rings. The number of hydrogen-bond donors (Lipinski definition) is 0. The summed E-state index contributed by atoms with van der Waals surface area (Å²) in [6.45, 7) is 2.94. The highest BCUT2D eigenvalue weighted by molar-refractivity contribution is 7.89. The highest BCUT2D eigenvalue weighted by atomic mass is 32.2. The molecule has 6 nitrogen and oxygen atoms in total. The van der Waals surface area contributed by atoms with Crippen LogP contribution in [-0.2, 0) is 25.9 Å². The van der Waals surface area contributed by atoms with E-state index in [1.54, 1.807) is 22.5 Å². The molecule has 0 radical (unpaired) electrons. The van der Waals surface area contributed by atoms with Gasteiger partial charge in [-0.05, 0) is 36.6 Å². The Morgan fingerprint density at radius 1 is 1.04 bits per heavy atom. The maximum atomic E-state index is 12.8. The Morgan fingerprint density at radius 3 is 2.52 bits per heavy atom. The molecule has 1 aromatic carbocycles. The zero-order chi connectivity index (χ0) is 15.9. The van der Waals surface area contributed by atoms with E-state index in [0.717, 1.165) is 30.6 Å². The fraction of sp³-hybridized carbons (Fsp3) is 0.625. The fourth-order valence-electron chi connectivity index (χ4n) is 3.51. The minimum absolute atomic E-state index is 0.156. The molecule has 0 bridgehead atoms. The van der Waals surface area contributed by atoms with Crippen LogP contribution >= 0.6 is 0 Å². The van der Waals surface area contributed by atoms with Crippen molar-refractivity contribution in [1.29, 1.82) is 0 Å². The van der Waals surface area contributed by atoms with E-state index in [2.05, 4.69) is 0 Å². The first-order valence-corrected chi connectivity index (χ1v) is 9.58. The molecule has 4 rings (SSSR count). The van der Waals surface area contributed by atoms with Crippen LogP contribution in [0.5, 0.6) is 5.75 Å². The highest BCUT2D eigenvalue weighted by Crippen LogP contribution is 2.32. The molecular weight excluding hydrogens is 318 g/mol. The topological polar surface area (TPSA) is 65.1 Å². The van der Waals surface area contributed by atoms with E-state index in [4.69, 9.17) is 14.2 Å². The number of rotatable bonds is 3. The Hall–Kier alpha value is -1.15. The van der Waals surface area contributed by atoms with Crippen LogP contribution < -0.4 is 4.74 Å². The van der Waals surface area contributed by atoms with Crippen LogP contribution in [0.4, 0.5) is 0 Å². The Balaban J connectivity index is 1.47. The minimum Gasteiger partial charge on any atom is -0.493 e. The largest absolute Gasteiger partial charge is 0.493 e. The second-order valence-corrected chi connectivity index (χ2v) is 8.16. The summed E-state index contributed by atoms with van der Waals surface area (Å²) < 4.78 is 43.8. The lowest BCUT2D eigenvalue weighted by Gasteiger charge is -2.33. The van der Waals surface area contributed by atoms with E-state index in [-0.39, 0.29) is 12.2 Å². The van der Waals surface area contributed by atoms with Crippen LogP contribution in [-0.4, -0.2) is 51.9 Å². The van der Waals surface area contributed by atoms with Crippen LogP contribution in [0.15, 0.2) is 23.1 Å². The third-order valence-electron chi connectivity index (χ3n) is 4.83. The van der Waals surface area contributed by atoms with Gasteiger partial charge in [0.1, 0.15) is 5.75 Å². The van der Waals surface area contributed by atoms with Crippen LogP contribution in [0.25, 0.3) is 0 Å². The molecule has 0 atom stereocenters. The number of piperidine rings is 1. The van der Waals surface area contributed by atoms with E-state index in [0.29, 0.717) is 37.8 Å². The van der Waals surface area contributed by atoms with Crippen molar-refractivity contribution in [3.8, 4) is 5.75 Å². The molecule has 0 spiro atoms. The first kappa shape index (κ1) is 15.4. The van der Waals surface area contributed by atoms with Crippen molar-refractivity contribution in [3.05, 3.63) is 23.8 Å². The third kappa shape index (κ3) is 2.87. The smallest absolute Gasteiger partial charge is 0.243 e. The molecule has 1 aromatic rings. The van der Waals surface area contributed by atoms with Gasteiger partial charge in [0.05, 0.1) is 24.7 Å². The summed E-state index contributed by atoms with van der Waals surface area (Å²) in [5.41, 5.74) is 0.980. The maximum absolute atomic E-state index is 12.8. The summed E-state index contributed by atoms with van der Waals surface area (Å²) in [6, 6.07) is 5.17. The Morgan fingerprint density at radius 2 is 1.78 bits per heavy atom. The number of sulfonamides is 1. The van der Waals surface area contributed by atoms with Gasteiger partial charge in [0, 0.05) is 25.4 Å². The zero-order valence-electron chi connectivity index (χ0n) is 12.9. The standard InChI is InChI=1S/C16H21NO5S/c18-23(19,14-1-2-15-13(11-14)5-8-20-15)17-6-3-12(4-7-17)16-21-9-10-22-16/h1-2,11-12,16H,3-10H2. The van der Waals surface area contributed by atoms with E-state index >= 15 is 0 Å². The molecule has 2 saturated heterocycles. The van der Waals surface area contributed by atoms with E-state index in [1.807, 2.05) is 0 Å². The number of nitrogens with zero attached hydrogens (tertiary/aromatic N) is 1. The van der Waals surface area contributed by atoms with E-state index < -0.39 is 10.0 Å². The quantitative estimate of drug-likeness (QED) is 0.833. The molecule has 3 aliphatic heterocycles. The van der Waals surface area contributed by atoms with Crippen molar-refractivity contribution >= 4 is 10.0 Å². The second-order valence-electron chi connectivity index (χ2n) is 6.22. The molecule has 0 aromatic heterocycles. The molecular formula is C16H21NO5S. The van der Waals surface area contributed by atoms with Crippen molar-refractivity contribution in [2.75, 3.05) is 32.9 Å². The number of fused-ring (bicyclic) bond motifs is 1. The van der Waals surface area contributed by atoms with Crippen molar-refractivity contribution in [3.63, 3.8) is 0 Å². The van der Waals surface area contributed by atoms with Gasteiger partial charge >= 0.3 is 0 Å². The average molecular weight is 339 g/mol. The summed E-state index contributed by atoms with van der Waals surface area (Å²) >= 11 is 0. The summed E-state index contributed by atoms with van der Waals surface area (Å²) in [7, 11) is -3.43. The SMILES string of the molecule is O=S(=O)(c1ccc2c(c1)CCO2)N1CCC(C2OCCO2)CC1. The predicted octanol–water partition coefficient (Wildman–Crippen LogP) is 1.40. The van der Waals surface area contributed by atoms with E-state index in [1.165, 1.54) is 0 Å². The summed E-state index contributed by atoms with van der Waals surface area (Å²) in [6.07, 6.45) is 2.17. The van der Waals surface area contributed by atoms with Crippen LogP contribution in [0.1, 0.15) is 18.4 Å². The molecule has 126 valence electrons. The lowest BCUT2D eigenvalue weighted by Crippen LogP contribution is -2.41. The lowest BCUT2D eigenvalue weighted by atomic mass is 9.98. The Kier molecular flexibility index (Phi) is 4.05. The van der Waals surface area contributed by atoms with Gasteiger partial charge in [0.25, 0.3) is 0 Å². The second kappa shape index (κ2) is 6.05. The van der Waals surface area contributed by atoms with Crippen LogP contribution in [0.2, 0.25) is 0 Å². The number of ether oxygens (including phenoxy) is 3. The number of hydrogen-bond acceptors (Lipinski definition) is 5. The van der Waals surface area contributed by atoms with Gasteiger partial charge in [-0.3, -0.25) is 0 Å². The molecule has 3 aliphatic rings. The van der Waals surface area contributed by atoms with Crippen LogP contribution in [0.3, 0.4) is 0 Å². The zero-order valence-corrected chi connectivity index (χ0v) is 13.8. The minimum atomic E-state index is -3.43. The molecule has 0 N–H and O–H groups in total. The van der Waals surface area contributed by atoms with Gasteiger partial charge in [-0.25, -0.2) is 8.42 Å². The molecule has 23 heavy (non-hydrogen) atoms. The third-order valence-corrected chi connectivity index (χ3v) is 6.72. The Bertz CT molecular complexity index is 676. The predicted molar refractivity (Wildman–Crippen MR) is 82.8 cm³/mol. The van der Waals surface area contributed by atoms with Crippen molar-refractivity contribution in [1.82, 2.24) is 4.31 Å². The molecule has 0 aliphatic carbocycles. The average Bonchev–Trinajstić information content (AvgIpc) is 3.25. The van der Waals surface area contributed by atoms with Crippen molar-refractivity contribution in [2.24, 2.45) is 5.92 Å². The summed E-state index contributed by atoms with van der Waals surface area (Å²) in [5, 5.41) is 0. The monoisotopic (exact) mass is 339 g/mol. The van der Waals surface area contributed by atoms with Gasteiger partial charge in [-0.15, -0.1) is 0 Å². The Labute approximate surface area is 136 Å². The normalized spacial score (nSPS) is 23.8. The molecule has 0 saturated carbocycles. The maximum Gasteiger partial charge on any atom is 0.243 e. The summed E-state index contributed by atoms with van der Waals surface area (Å²) in [5.74, 6) is 1.09. The van der Waals surface area contributed by atoms with Crippen molar-refractivity contribution in [2.45, 2.75) is 30.4 Å².